The summed E-state index contributed by atoms with van der Waals surface area (Å²) in [5.41, 5.74) is 0.594. The minimum absolute atomic E-state index is 0.284. The minimum Gasteiger partial charge on any atom is -0.480 e. The third-order valence-corrected chi connectivity index (χ3v) is 2.63. The van der Waals surface area contributed by atoms with Gasteiger partial charge in [0.1, 0.15) is 6.54 Å². The lowest BCUT2D eigenvalue weighted by Crippen LogP contribution is -2.45. The first-order valence-corrected chi connectivity index (χ1v) is 5.93. The maximum atomic E-state index is 12.2. The maximum absolute atomic E-state index is 12.2. The Kier molecular flexibility index (Phi) is 5.17. The number of para-hydroxylation sites is 1. The third-order valence-electron chi connectivity index (χ3n) is 2.63. The van der Waals surface area contributed by atoms with Crippen molar-refractivity contribution < 1.29 is 14.7 Å². The van der Waals surface area contributed by atoms with E-state index in [1.54, 1.807) is 29.2 Å². The molecule has 1 aromatic carbocycles. The van der Waals surface area contributed by atoms with Crippen molar-refractivity contribution >= 4 is 17.7 Å². The van der Waals surface area contributed by atoms with Crippen molar-refractivity contribution in [3.63, 3.8) is 0 Å². The molecule has 0 aliphatic carbocycles. The molecule has 2 amide bonds. The number of amides is 2. The molecule has 0 bridgehead atoms. The molecule has 1 aromatic rings. The van der Waals surface area contributed by atoms with Crippen LogP contribution in [0, 0.1) is 0 Å². The molecule has 0 fully saturated rings. The van der Waals surface area contributed by atoms with Crippen LogP contribution in [0.25, 0.3) is 0 Å². The van der Waals surface area contributed by atoms with Gasteiger partial charge >= 0.3 is 12.0 Å². The molecule has 0 atom stereocenters. The highest BCUT2D eigenvalue weighted by molar-refractivity contribution is 5.96. The lowest BCUT2D eigenvalue weighted by Gasteiger charge is -2.28. The van der Waals surface area contributed by atoms with Gasteiger partial charge in [0.25, 0.3) is 0 Å². The molecular formula is C13H18N2O3. The van der Waals surface area contributed by atoms with Gasteiger partial charge in [0.2, 0.25) is 0 Å². The number of urea groups is 1. The first kappa shape index (κ1) is 14.0. The minimum atomic E-state index is -1.03. The Morgan fingerprint density at radius 1 is 1.11 bits per heavy atom. The van der Waals surface area contributed by atoms with Gasteiger partial charge in [-0.1, -0.05) is 18.2 Å². The van der Waals surface area contributed by atoms with E-state index in [1.807, 2.05) is 19.9 Å². The number of aliphatic carboxylic acids is 1. The number of carboxylic acid groups (broad SMARTS) is 1. The molecule has 18 heavy (non-hydrogen) atoms. The van der Waals surface area contributed by atoms with Crippen LogP contribution in [0.3, 0.4) is 0 Å². The Bertz CT molecular complexity index is 402. The first-order valence-electron chi connectivity index (χ1n) is 5.93. The van der Waals surface area contributed by atoms with Gasteiger partial charge in [0, 0.05) is 18.8 Å². The SMILES string of the molecule is CCN(CC)C(=O)N(CC(=O)O)c1ccccc1. The maximum Gasteiger partial charge on any atom is 0.325 e. The summed E-state index contributed by atoms with van der Waals surface area (Å²) in [4.78, 5) is 26.0. The van der Waals surface area contributed by atoms with Crippen LogP contribution in [0.1, 0.15) is 13.8 Å². The van der Waals surface area contributed by atoms with Crippen LogP contribution in [0.15, 0.2) is 30.3 Å². The second kappa shape index (κ2) is 6.64. The molecule has 98 valence electrons. The van der Waals surface area contributed by atoms with E-state index in [1.165, 1.54) is 4.90 Å². The van der Waals surface area contributed by atoms with Crippen molar-refractivity contribution in [3.05, 3.63) is 30.3 Å². The number of carbonyl (C=O) groups is 2. The van der Waals surface area contributed by atoms with E-state index in [4.69, 9.17) is 5.11 Å². The summed E-state index contributed by atoms with van der Waals surface area (Å²) < 4.78 is 0. The highest BCUT2D eigenvalue weighted by atomic mass is 16.4. The third kappa shape index (κ3) is 3.48. The van der Waals surface area contributed by atoms with E-state index >= 15 is 0 Å². The lowest BCUT2D eigenvalue weighted by molar-refractivity contribution is -0.135. The zero-order chi connectivity index (χ0) is 13.5. The number of carboxylic acids is 1. The summed E-state index contributed by atoms with van der Waals surface area (Å²) in [5, 5.41) is 8.91. The van der Waals surface area contributed by atoms with Gasteiger partial charge in [-0.3, -0.25) is 9.69 Å². The summed E-state index contributed by atoms with van der Waals surface area (Å²) in [6.07, 6.45) is 0. The quantitative estimate of drug-likeness (QED) is 0.869. The number of nitrogens with zero attached hydrogens (tertiary/aromatic N) is 2. The number of hydrogen-bond donors (Lipinski definition) is 1. The van der Waals surface area contributed by atoms with Crippen LogP contribution in [0.2, 0.25) is 0 Å². The van der Waals surface area contributed by atoms with Crippen molar-refractivity contribution in [1.29, 1.82) is 0 Å². The van der Waals surface area contributed by atoms with Gasteiger partial charge < -0.3 is 10.0 Å². The fourth-order valence-electron chi connectivity index (χ4n) is 1.68. The van der Waals surface area contributed by atoms with Crippen LogP contribution >= 0.6 is 0 Å². The zero-order valence-corrected chi connectivity index (χ0v) is 10.7. The molecule has 0 heterocycles. The molecule has 0 spiro atoms. The van der Waals surface area contributed by atoms with Crippen LogP contribution in [0.5, 0.6) is 0 Å². The number of rotatable bonds is 5. The monoisotopic (exact) mass is 250 g/mol. The van der Waals surface area contributed by atoms with E-state index in [0.717, 1.165) is 0 Å². The smallest absolute Gasteiger partial charge is 0.325 e. The molecule has 1 N–H and O–H groups in total. The van der Waals surface area contributed by atoms with E-state index in [-0.39, 0.29) is 12.6 Å². The standard InChI is InChI=1S/C13H18N2O3/c1-3-14(4-2)13(18)15(10-12(16)17)11-8-6-5-7-9-11/h5-9H,3-4,10H2,1-2H3,(H,16,17). The van der Waals surface area contributed by atoms with Gasteiger partial charge in [-0.05, 0) is 26.0 Å². The highest BCUT2D eigenvalue weighted by Crippen LogP contribution is 2.15. The number of anilines is 1. The van der Waals surface area contributed by atoms with Crippen molar-refractivity contribution in [1.82, 2.24) is 4.90 Å². The Morgan fingerprint density at radius 2 is 1.67 bits per heavy atom. The predicted octanol–water partition coefficient (Wildman–Crippen LogP) is 2.04. The molecule has 0 unspecified atom stereocenters. The normalized spacial score (nSPS) is 9.89. The molecule has 0 saturated carbocycles. The topological polar surface area (TPSA) is 60.9 Å². The van der Waals surface area contributed by atoms with E-state index < -0.39 is 5.97 Å². The van der Waals surface area contributed by atoms with Gasteiger partial charge in [-0.15, -0.1) is 0 Å². The van der Waals surface area contributed by atoms with Crippen LogP contribution in [-0.4, -0.2) is 41.6 Å². The molecule has 0 aliphatic heterocycles. The zero-order valence-electron chi connectivity index (χ0n) is 10.7. The van der Waals surface area contributed by atoms with Crippen molar-refractivity contribution in [3.8, 4) is 0 Å². The van der Waals surface area contributed by atoms with Crippen LogP contribution in [-0.2, 0) is 4.79 Å². The second-order valence-electron chi connectivity index (χ2n) is 3.77. The molecule has 5 nitrogen and oxygen atoms in total. The van der Waals surface area contributed by atoms with Gasteiger partial charge in [0.15, 0.2) is 0 Å². The lowest BCUT2D eigenvalue weighted by atomic mass is 10.3. The van der Waals surface area contributed by atoms with Gasteiger partial charge in [-0.2, -0.15) is 0 Å². The molecule has 0 aliphatic rings. The van der Waals surface area contributed by atoms with Crippen molar-refractivity contribution in [2.24, 2.45) is 0 Å². The number of hydrogen-bond acceptors (Lipinski definition) is 2. The second-order valence-corrected chi connectivity index (χ2v) is 3.77. The Hall–Kier alpha value is -2.04. The molecule has 5 heteroatoms. The number of carbonyl (C=O) groups excluding carboxylic acids is 1. The first-order chi connectivity index (χ1) is 8.60. The average molecular weight is 250 g/mol. The molecule has 0 radical (unpaired) electrons. The summed E-state index contributed by atoms with van der Waals surface area (Å²) in [5.74, 6) is -1.03. The highest BCUT2D eigenvalue weighted by Gasteiger charge is 2.22. The van der Waals surface area contributed by atoms with Gasteiger partial charge in [0.05, 0.1) is 0 Å². The van der Waals surface area contributed by atoms with Crippen molar-refractivity contribution in [2.45, 2.75) is 13.8 Å². The summed E-state index contributed by atoms with van der Waals surface area (Å²) in [6.45, 7) is 4.51. The van der Waals surface area contributed by atoms with Crippen LogP contribution in [0.4, 0.5) is 10.5 Å². The molecular weight excluding hydrogens is 232 g/mol. The predicted molar refractivity (Wildman–Crippen MR) is 69.7 cm³/mol. The van der Waals surface area contributed by atoms with E-state index in [0.29, 0.717) is 18.8 Å². The molecule has 0 saturated heterocycles. The van der Waals surface area contributed by atoms with E-state index in [9.17, 15) is 9.59 Å². The largest absolute Gasteiger partial charge is 0.480 e. The summed E-state index contributed by atoms with van der Waals surface area (Å²) >= 11 is 0. The fourth-order valence-corrected chi connectivity index (χ4v) is 1.68. The summed E-state index contributed by atoms with van der Waals surface area (Å²) in [6, 6.07) is 8.55. The average Bonchev–Trinajstić information content (AvgIpc) is 2.38. The number of benzene rings is 1. The van der Waals surface area contributed by atoms with Gasteiger partial charge in [-0.25, -0.2) is 4.79 Å². The molecule has 1 rings (SSSR count). The summed E-state index contributed by atoms with van der Waals surface area (Å²) in [7, 11) is 0. The Morgan fingerprint density at radius 3 is 2.11 bits per heavy atom. The van der Waals surface area contributed by atoms with Crippen LogP contribution < -0.4 is 4.90 Å². The molecule has 0 aromatic heterocycles. The Balaban J connectivity index is 2.98. The van der Waals surface area contributed by atoms with Crippen molar-refractivity contribution in [2.75, 3.05) is 24.5 Å². The Labute approximate surface area is 107 Å². The fraction of sp³-hybridized carbons (Fsp3) is 0.385. The van der Waals surface area contributed by atoms with E-state index in [2.05, 4.69) is 0 Å².